The fourth-order valence-electron chi connectivity index (χ4n) is 1.98. The lowest BCUT2D eigenvalue weighted by molar-refractivity contribution is 0.0473. The minimum Gasteiger partial charge on any atom is -0.462 e. The van der Waals surface area contributed by atoms with Gasteiger partial charge in [0, 0.05) is 0 Å². The molecule has 0 unspecified atom stereocenters. The molecule has 0 aliphatic rings. The summed E-state index contributed by atoms with van der Waals surface area (Å²) in [4.78, 5) is 24.2. The van der Waals surface area contributed by atoms with E-state index in [4.69, 9.17) is 9.47 Å². The molecule has 0 amide bonds. The van der Waals surface area contributed by atoms with Crippen molar-refractivity contribution in [2.24, 2.45) is 11.8 Å². The van der Waals surface area contributed by atoms with Crippen molar-refractivity contribution < 1.29 is 19.1 Å². The van der Waals surface area contributed by atoms with Crippen molar-refractivity contribution in [2.45, 2.75) is 40.5 Å². The number of esters is 2. The molecule has 0 saturated heterocycles. The van der Waals surface area contributed by atoms with Crippen LogP contribution in [0.15, 0.2) is 24.8 Å². The Bertz CT molecular complexity index is 573. The van der Waals surface area contributed by atoms with Gasteiger partial charge in [0.2, 0.25) is 0 Å². The topological polar surface area (TPSA) is 52.6 Å². The summed E-state index contributed by atoms with van der Waals surface area (Å²) in [6, 6.07) is 4.79. The Balaban J connectivity index is 2.75. The summed E-state index contributed by atoms with van der Waals surface area (Å²) in [6.07, 6.45) is 3.18. The molecular weight excluding hydrogens is 304 g/mol. The minimum absolute atomic E-state index is 0.381. The Morgan fingerprint density at radius 2 is 1.54 bits per heavy atom. The van der Waals surface area contributed by atoms with Crippen LogP contribution in [0.1, 0.15) is 66.8 Å². The van der Waals surface area contributed by atoms with Gasteiger partial charge in [-0.15, -0.1) is 0 Å². The highest BCUT2D eigenvalue weighted by Crippen LogP contribution is 2.16. The van der Waals surface area contributed by atoms with Crippen LogP contribution < -0.4 is 0 Å². The summed E-state index contributed by atoms with van der Waals surface area (Å²) < 4.78 is 10.5. The number of hydrogen-bond donors (Lipinski definition) is 0. The predicted octanol–water partition coefficient (Wildman–Crippen LogP) is 4.74. The van der Waals surface area contributed by atoms with Gasteiger partial charge in [-0.25, -0.2) is 9.59 Å². The number of ether oxygens (including phenoxy) is 2. The van der Waals surface area contributed by atoms with Crippen molar-refractivity contribution in [3.05, 3.63) is 41.5 Å². The lowest BCUT2D eigenvalue weighted by atomic mass is 10.0. The molecule has 0 bridgehead atoms. The lowest BCUT2D eigenvalue weighted by Crippen LogP contribution is -2.12. The standard InChI is InChI=1S/C20H28O4/c1-6-16-13-17(19(21)23-11-9-14(2)3)7-8-18(16)20(22)24-12-10-15(4)5/h6-8,13-15H,1,9-12H2,2-5H3. The van der Waals surface area contributed by atoms with Crippen molar-refractivity contribution in [2.75, 3.05) is 13.2 Å². The van der Waals surface area contributed by atoms with Gasteiger partial charge in [0.05, 0.1) is 24.3 Å². The lowest BCUT2D eigenvalue weighted by Gasteiger charge is -2.11. The van der Waals surface area contributed by atoms with Crippen LogP contribution in [-0.4, -0.2) is 25.2 Å². The summed E-state index contributed by atoms with van der Waals surface area (Å²) >= 11 is 0. The van der Waals surface area contributed by atoms with E-state index in [1.165, 1.54) is 0 Å². The quantitative estimate of drug-likeness (QED) is 0.613. The third-order valence-electron chi connectivity index (χ3n) is 3.58. The smallest absolute Gasteiger partial charge is 0.338 e. The van der Waals surface area contributed by atoms with Crippen molar-refractivity contribution in [1.82, 2.24) is 0 Å². The highest BCUT2D eigenvalue weighted by atomic mass is 16.5. The molecule has 0 saturated carbocycles. The Labute approximate surface area is 144 Å². The first kappa shape index (κ1) is 19.9. The third kappa shape index (κ3) is 6.57. The van der Waals surface area contributed by atoms with E-state index in [9.17, 15) is 9.59 Å². The largest absolute Gasteiger partial charge is 0.462 e. The van der Waals surface area contributed by atoms with E-state index in [1.807, 2.05) is 0 Å². The van der Waals surface area contributed by atoms with Gasteiger partial charge in [0.15, 0.2) is 0 Å². The summed E-state index contributed by atoms with van der Waals surface area (Å²) in [5.74, 6) is 0.160. The monoisotopic (exact) mass is 332 g/mol. The molecule has 1 aromatic carbocycles. The molecule has 0 aliphatic carbocycles. The number of carbonyl (C=O) groups is 2. The molecule has 0 radical (unpaired) electrons. The maximum Gasteiger partial charge on any atom is 0.338 e. The zero-order chi connectivity index (χ0) is 18.1. The van der Waals surface area contributed by atoms with Gasteiger partial charge in [-0.1, -0.05) is 40.3 Å². The van der Waals surface area contributed by atoms with Crippen molar-refractivity contribution >= 4 is 18.0 Å². The molecule has 1 aromatic rings. The second kappa shape index (κ2) is 9.91. The van der Waals surface area contributed by atoms with E-state index in [2.05, 4.69) is 34.3 Å². The third-order valence-corrected chi connectivity index (χ3v) is 3.58. The summed E-state index contributed by atoms with van der Waals surface area (Å²) in [5, 5.41) is 0. The van der Waals surface area contributed by atoms with Gasteiger partial charge in [-0.05, 0) is 48.4 Å². The zero-order valence-corrected chi connectivity index (χ0v) is 15.1. The Hall–Kier alpha value is -2.10. The molecule has 4 heteroatoms. The van der Waals surface area contributed by atoms with Crippen LogP contribution >= 0.6 is 0 Å². The Kier molecular flexibility index (Phi) is 8.24. The molecule has 4 nitrogen and oxygen atoms in total. The van der Waals surface area contributed by atoms with Gasteiger partial charge in [0.1, 0.15) is 0 Å². The maximum absolute atomic E-state index is 12.1. The van der Waals surface area contributed by atoms with Crippen molar-refractivity contribution in [3.63, 3.8) is 0 Å². The fraction of sp³-hybridized carbons (Fsp3) is 0.500. The van der Waals surface area contributed by atoms with Crippen LogP contribution in [0.5, 0.6) is 0 Å². The normalized spacial score (nSPS) is 10.8. The Morgan fingerprint density at radius 1 is 1.00 bits per heavy atom. The summed E-state index contributed by atoms with van der Waals surface area (Å²) in [5.41, 5.74) is 1.39. The van der Waals surface area contributed by atoms with Crippen molar-refractivity contribution in [3.8, 4) is 0 Å². The number of carbonyl (C=O) groups excluding carboxylic acids is 2. The van der Waals surface area contributed by atoms with Gasteiger partial charge >= 0.3 is 11.9 Å². The van der Waals surface area contributed by atoms with Crippen LogP contribution in [0, 0.1) is 11.8 Å². The molecule has 132 valence electrons. The SMILES string of the molecule is C=Cc1cc(C(=O)OCCC(C)C)ccc1C(=O)OCCC(C)C. The molecule has 0 N–H and O–H groups in total. The van der Waals surface area contributed by atoms with Gasteiger partial charge in [-0.3, -0.25) is 0 Å². The first-order chi connectivity index (χ1) is 11.3. The summed E-state index contributed by atoms with van der Waals surface area (Å²) in [7, 11) is 0. The molecule has 0 aliphatic heterocycles. The van der Waals surface area contributed by atoms with Crippen LogP contribution in [0.2, 0.25) is 0 Å². The second-order valence-electron chi connectivity index (χ2n) is 6.64. The van der Waals surface area contributed by atoms with E-state index < -0.39 is 11.9 Å². The van der Waals surface area contributed by atoms with Crippen molar-refractivity contribution in [1.29, 1.82) is 0 Å². The Morgan fingerprint density at radius 3 is 2.04 bits per heavy atom. The fourth-order valence-corrected chi connectivity index (χ4v) is 1.98. The van der Waals surface area contributed by atoms with Crippen LogP contribution in [0.4, 0.5) is 0 Å². The molecule has 0 atom stereocenters. The maximum atomic E-state index is 12.1. The van der Waals surface area contributed by atoms with Gasteiger partial charge in [0.25, 0.3) is 0 Å². The van der Waals surface area contributed by atoms with Crippen LogP contribution in [0.25, 0.3) is 6.08 Å². The molecule has 0 aromatic heterocycles. The molecule has 1 rings (SSSR count). The number of benzene rings is 1. The molecule has 0 fully saturated rings. The van der Waals surface area contributed by atoms with Crippen LogP contribution in [0.3, 0.4) is 0 Å². The van der Waals surface area contributed by atoms with Gasteiger partial charge < -0.3 is 9.47 Å². The number of rotatable bonds is 9. The molecular formula is C20H28O4. The van der Waals surface area contributed by atoms with E-state index in [0.29, 0.717) is 41.7 Å². The van der Waals surface area contributed by atoms with E-state index in [1.54, 1.807) is 24.3 Å². The van der Waals surface area contributed by atoms with E-state index >= 15 is 0 Å². The van der Waals surface area contributed by atoms with E-state index in [-0.39, 0.29) is 0 Å². The summed E-state index contributed by atoms with van der Waals surface area (Å²) in [6.45, 7) is 12.8. The predicted molar refractivity (Wildman–Crippen MR) is 96.0 cm³/mol. The first-order valence-electron chi connectivity index (χ1n) is 8.45. The molecule has 0 heterocycles. The number of hydrogen-bond acceptors (Lipinski definition) is 4. The first-order valence-corrected chi connectivity index (χ1v) is 8.45. The van der Waals surface area contributed by atoms with Gasteiger partial charge in [-0.2, -0.15) is 0 Å². The zero-order valence-electron chi connectivity index (χ0n) is 15.1. The minimum atomic E-state index is -0.398. The molecule has 0 spiro atoms. The average molecular weight is 332 g/mol. The molecule has 24 heavy (non-hydrogen) atoms. The highest BCUT2D eigenvalue weighted by molar-refractivity contribution is 5.97. The average Bonchev–Trinajstić information content (AvgIpc) is 2.53. The highest BCUT2D eigenvalue weighted by Gasteiger charge is 2.15. The second-order valence-corrected chi connectivity index (χ2v) is 6.64. The van der Waals surface area contributed by atoms with Crippen LogP contribution in [-0.2, 0) is 9.47 Å². The van der Waals surface area contributed by atoms with E-state index in [0.717, 1.165) is 12.8 Å².